The summed E-state index contributed by atoms with van der Waals surface area (Å²) in [5, 5.41) is 7.12. The molecule has 0 bridgehead atoms. The van der Waals surface area contributed by atoms with Crippen molar-refractivity contribution in [3.63, 3.8) is 0 Å². The molecule has 3 nitrogen and oxygen atoms in total. The number of anilines is 2. The predicted octanol–water partition coefficient (Wildman–Crippen LogP) is 8.21. The zero-order chi connectivity index (χ0) is 23.0. The van der Waals surface area contributed by atoms with Crippen LogP contribution < -0.4 is 10.6 Å². The maximum absolute atomic E-state index is 4.72. The Morgan fingerprint density at radius 2 is 1.21 bits per heavy atom. The molecule has 0 atom stereocenters. The van der Waals surface area contributed by atoms with Crippen molar-refractivity contribution in [2.45, 2.75) is 12.8 Å². The molecule has 0 aromatic heterocycles. The minimum Gasteiger partial charge on any atom is -0.361 e. The van der Waals surface area contributed by atoms with Gasteiger partial charge >= 0.3 is 0 Å². The van der Waals surface area contributed by atoms with Crippen LogP contribution in [0.5, 0.6) is 0 Å². The summed E-state index contributed by atoms with van der Waals surface area (Å²) in [4.78, 5) is 4.72. The Hall–Kier alpha value is -4.37. The second kappa shape index (κ2) is 10.5. The van der Waals surface area contributed by atoms with Crippen molar-refractivity contribution in [1.82, 2.24) is 0 Å². The first kappa shape index (κ1) is 21.5. The van der Waals surface area contributed by atoms with Crippen LogP contribution in [-0.4, -0.2) is 6.21 Å². The first-order chi connectivity index (χ1) is 16.8. The molecule has 0 spiro atoms. The molecule has 34 heavy (non-hydrogen) atoms. The number of nitrogens with zero attached hydrogens (tertiary/aromatic N) is 1. The van der Waals surface area contributed by atoms with E-state index in [0.717, 1.165) is 35.6 Å². The van der Waals surface area contributed by atoms with Crippen LogP contribution in [0.2, 0.25) is 0 Å². The monoisotopic (exact) mass is 441 g/mol. The molecule has 0 unspecified atom stereocenters. The van der Waals surface area contributed by atoms with E-state index in [1.54, 1.807) is 0 Å². The lowest BCUT2D eigenvalue weighted by Crippen LogP contribution is -2.03. The van der Waals surface area contributed by atoms with E-state index in [2.05, 4.69) is 77.5 Å². The molecular formula is C31H27N3. The van der Waals surface area contributed by atoms with Crippen LogP contribution >= 0.6 is 0 Å². The third-order valence-electron chi connectivity index (χ3n) is 5.88. The second-order valence-corrected chi connectivity index (χ2v) is 8.24. The van der Waals surface area contributed by atoms with Crippen LogP contribution in [0.3, 0.4) is 0 Å². The van der Waals surface area contributed by atoms with Gasteiger partial charge in [-0.2, -0.15) is 0 Å². The highest BCUT2D eigenvalue weighted by Crippen LogP contribution is 2.33. The van der Waals surface area contributed by atoms with Crippen LogP contribution in [-0.2, 0) is 0 Å². The highest BCUT2D eigenvalue weighted by molar-refractivity contribution is 5.86. The van der Waals surface area contributed by atoms with Crippen molar-refractivity contribution in [2.24, 2.45) is 4.99 Å². The average molecular weight is 442 g/mol. The minimum absolute atomic E-state index is 0.947. The van der Waals surface area contributed by atoms with Gasteiger partial charge in [-0.05, 0) is 71.5 Å². The van der Waals surface area contributed by atoms with E-state index in [4.69, 9.17) is 4.99 Å². The summed E-state index contributed by atoms with van der Waals surface area (Å²) in [5.41, 5.74) is 9.09. The van der Waals surface area contributed by atoms with Gasteiger partial charge in [-0.25, -0.2) is 0 Å². The Bertz CT molecular complexity index is 1300. The summed E-state index contributed by atoms with van der Waals surface area (Å²) < 4.78 is 0. The molecule has 3 heteroatoms. The van der Waals surface area contributed by atoms with E-state index in [1.165, 1.54) is 22.3 Å². The molecule has 166 valence electrons. The van der Waals surface area contributed by atoms with Gasteiger partial charge in [0.25, 0.3) is 0 Å². The Balaban J connectivity index is 1.42. The fourth-order valence-corrected chi connectivity index (χ4v) is 4.05. The molecule has 5 rings (SSSR count). The van der Waals surface area contributed by atoms with Gasteiger partial charge in [-0.1, -0.05) is 78.9 Å². The highest BCUT2D eigenvalue weighted by Gasteiger charge is 2.19. The number of nitrogens with one attached hydrogen (secondary N) is 2. The molecule has 0 heterocycles. The summed E-state index contributed by atoms with van der Waals surface area (Å²) in [6, 6.07) is 39.4. The molecule has 1 aliphatic carbocycles. The van der Waals surface area contributed by atoms with Crippen LogP contribution in [0.1, 0.15) is 12.8 Å². The number of para-hydroxylation sites is 2. The first-order valence-corrected chi connectivity index (χ1v) is 11.6. The van der Waals surface area contributed by atoms with E-state index in [9.17, 15) is 0 Å². The molecular weight excluding hydrogens is 414 g/mol. The van der Waals surface area contributed by atoms with Crippen LogP contribution in [0, 0.1) is 0 Å². The predicted molar refractivity (Wildman–Crippen MR) is 145 cm³/mol. The molecule has 0 saturated carbocycles. The number of rotatable bonds is 7. The summed E-state index contributed by atoms with van der Waals surface area (Å²) >= 11 is 0. The quantitative estimate of drug-likeness (QED) is 0.283. The average Bonchev–Trinajstić information content (AvgIpc) is 3.29. The summed E-state index contributed by atoms with van der Waals surface area (Å²) in [5.74, 6) is 0. The van der Waals surface area contributed by atoms with E-state index in [-0.39, 0.29) is 0 Å². The van der Waals surface area contributed by atoms with E-state index < -0.39 is 0 Å². The number of aliphatic imine (C=N–C) groups is 1. The molecule has 0 amide bonds. The third kappa shape index (κ3) is 5.33. The summed E-state index contributed by atoms with van der Waals surface area (Å²) in [6.07, 6.45) is 6.02. The zero-order valence-corrected chi connectivity index (χ0v) is 19.0. The van der Waals surface area contributed by atoms with E-state index in [0.29, 0.717) is 0 Å². The van der Waals surface area contributed by atoms with E-state index >= 15 is 0 Å². The van der Waals surface area contributed by atoms with Crippen molar-refractivity contribution in [2.75, 3.05) is 10.6 Å². The first-order valence-electron chi connectivity index (χ1n) is 11.6. The number of hydrogen-bond acceptors (Lipinski definition) is 3. The lowest BCUT2D eigenvalue weighted by atomic mass is 10.1. The molecule has 0 fully saturated rings. The fraction of sp³-hybridized carbons (Fsp3) is 0.0645. The third-order valence-corrected chi connectivity index (χ3v) is 5.88. The Morgan fingerprint density at radius 3 is 1.91 bits per heavy atom. The molecule has 0 saturated heterocycles. The lowest BCUT2D eigenvalue weighted by molar-refractivity contribution is 1.04. The van der Waals surface area contributed by atoms with Gasteiger partial charge in [0.1, 0.15) is 0 Å². The van der Waals surface area contributed by atoms with Crippen LogP contribution in [0.4, 0.5) is 17.1 Å². The van der Waals surface area contributed by atoms with Gasteiger partial charge in [0, 0.05) is 29.5 Å². The standard InChI is InChI=1S/C31H27N3/c1-4-10-24(11-5-1)25-18-20-30(21-19-25)34-31-26(22-32-28-12-6-2-7-13-28)16-17-27(31)23-33-29-14-8-3-9-15-29/h1-15,18-23,32,34H,16-17H2/b26-22+,33-23?. The van der Waals surface area contributed by atoms with Gasteiger partial charge in [0.15, 0.2) is 0 Å². The van der Waals surface area contributed by atoms with Crippen LogP contribution in [0.25, 0.3) is 11.1 Å². The maximum Gasteiger partial charge on any atom is 0.0629 e. The smallest absolute Gasteiger partial charge is 0.0629 e. The van der Waals surface area contributed by atoms with Crippen molar-refractivity contribution in [1.29, 1.82) is 0 Å². The zero-order valence-electron chi connectivity index (χ0n) is 19.0. The molecule has 4 aromatic rings. The second-order valence-electron chi connectivity index (χ2n) is 8.24. The lowest BCUT2D eigenvalue weighted by Gasteiger charge is -2.13. The Labute approximate surface area is 201 Å². The molecule has 0 aliphatic heterocycles. The summed E-state index contributed by atoms with van der Waals surface area (Å²) in [6.45, 7) is 0. The van der Waals surface area contributed by atoms with Crippen molar-refractivity contribution >= 4 is 23.3 Å². The van der Waals surface area contributed by atoms with Crippen molar-refractivity contribution < 1.29 is 0 Å². The molecule has 0 radical (unpaired) electrons. The van der Waals surface area contributed by atoms with Gasteiger partial charge in [-0.3, -0.25) is 4.99 Å². The highest BCUT2D eigenvalue weighted by atomic mass is 14.9. The topological polar surface area (TPSA) is 36.4 Å². The van der Waals surface area contributed by atoms with Gasteiger partial charge in [0.2, 0.25) is 0 Å². The number of hydrogen-bond donors (Lipinski definition) is 2. The number of allylic oxidation sites excluding steroid dienone is 2. The van der Waals surface area contributed by atoms with E-state index in [1.807, 2.05) is 60.8 Å². The molecule has 2 N–H and O–H groups in total. The molecule has 1 aliphatic rings. The Morgan fingerprint density at radius 1 is 0.588 bits per heavy atom. The van der Waals surface area contributed by atoms with Gasteiger partial charge in [-0.15, -0.1) is 0 Å². The SMILES string of the molecule is C(=Nc1ccccc1)C1=C(Nc2ccc(-c3ccccc3)cc2)/C(=C/Nc2ccccc2)CC1. The van der Waals surface area contributed by atoms with Crippen LogP contribution in [0.15, 0.2) is 143 Å². The Kier molecular flexibility index (Phi) is 6.63. The van der Waals surface area contributed by atoms with Crippen molar-refractivity contribution in [3.8, 4) is 11.1 Å². The normalized spacial score (nSPS) is 14.6. The number of benzene rings is 4. The fourth-order valence-electron chi connectivity index (χ4n) is 4.05. The summed E-state index contributed by atoms with van der Waals surface area (Å²) in [7, 11) is 0. The van der Waals surface area contributed by atoms with Gasteiger partial charge < -0.3 is 10.6 Å². The molecule has 4 aromatic carbocycles. The van der Waals surface area contributed by atoms with Gasteiger partial charge in [0.05, 0.1) is 5.69 Å². The van der Waals surface area contributed by atoms with Crippen molar-refractivity contribution in [3.05, 3.63) is 138 Å². The largest absolute Gasteiger partial charge is 0.361 e. The maximum atomic E-state index is 4.72. The minimum atomic E-state index is 0.947.